The largest absolute Gasteiger partial charge is 0.268 e. The van der Waals surface area contributed by atoms with Crippen LogP contribution in [-0.4, -0.2) is 21.0 Å². The van der Waals surface area contributed by atoms with Gasteiger partial charge in [-0.05, 0) is 42.7 Å². The molecule has 2 aromatic carbocycles. The summed E-state index contributed by atoms with van der Waals surface area (Å²) in [5.41, 5.74) is 2.05. The predicted octanol–water partition coefficient (Wildman–Crippen LogP) is 4.32. The van der Waals surface area contributed by atoms with Crippen molar-refractivity contribution in [1.29, 1.82) is 0 Å². The molecule has 0 radical (unpaired) electrons. The number of para-hydroxylation sites is 1. The van der Waals surface area contributed by atoms with Gasteiger partial charge in [0.2, 0.25) is 0 Å². The Kier molecular flexibility index (Phi) is 3.71. The Labute approximate surface area is 126 Å². The summed E-state index contributed by atoms with van der Waals surface area (Å²) in [6.45, 7) is 0. The van der Waals surface area contributed by atoms with Gasteiger partial charge in [-0.3, -0.25) is 9.67 Å². The minimum atomic E-state index is 0.597. The van der Waals surface area contributed by atoms with Crippen molar-refractivity contribution in [2.24, 2.45) is 0 Å². The highest BCUT2D eigenvalue weighted by Crippen LogP contribution is 2.24. The Morgan fingerprint density at radius 3 is 2.40 bits per heavy atom. The molecule has 0 aliphatic heterocycles. The molecule has 0 amide bonds. The van der Waals surface area contributed by atoms with Crippen LogP contribution in [0.25, 0.3) is 17.1 Å². The molecule has 3 rings (SSSR count). The summed E-state index contributed by atoms with van der Waals surface area (Å²) < 4.78 is 2.55. The molecule has 0 aliphatic carbocycles. The summed E-state index contributed by atoms with van der Waals surface area (Å²) in [6, 6.07) is 18.3. The van der Waals surface area contributed by atoms with E-state index in [1.165, 1.54) is 4.90 Å². The maximum absolute atomic E-state index is 5.34. The van der Waals surface area contributed by atoms with Crippen LogP contribution in [0.1, 0.15) is 0 Å². The molecular formula is C15H13N3S2. The summed E-state index contributed by atoms with van der Waals surface area (Å²) in [7, 11) is 0. The summed E-state index contributed by atoms with van der Waals surface area (Å²) in [4.78, 5) is 1.23. The quantitative estimate of drug-likeness (QED) is 0.577. The predicted molar refractivity (Wildman–Crippen MR) is 86.0 cm³/mol. The van der Waals surface area contributed by atoms with E-state index in [0.29, 0.717) is 4.77 Å². The number of rotatable bonds is 3. The van der Waals surface area contributed by atoms with E-state index in [0.717, 1.165) is 17.1 Å². The number of nitrogens with one attached hydrogen (secondary N) is 1. The van der Waals surface area contributed by atoms with Gasteiger partial charge in [-0.2, -0.15) is 5.10 Å². The van der Waals surface area contributed by atoms with Crippen LogP contribution >= 0.6 is 24.0 Å². The molecule has 20 heavy (non-hydrogen) atoms. The SMILES string of the molecule is CSc1ccc(-c2n[nH]c(=S)n2-c2ccccc2)cc1. The van der Waals surface area contributed by atoms with E-state index in [-0.39, 0.29) is 0 Å². The second kappa shape index (κ2) is 5.64. The molecule has 0 fully saturated rings. The lowest BCUT2D eigenvalue weighted by molar-refractivity contribution is 1.04. The highest BCUT2D eigenvalue weighted by Gasteiger charge is 2.10. The summed E-state index contributed by atoms with van der Waals surface area (Å²) in [5.74, 6) is 0.828. The van der Waals surface area contributed by atoms with E-state index in [9.17, 15) is 0 Å². The molecule has 1 aromatic heterocycles. The van der Waals surface area contributed by atoms with Crippen molar-refractivity contribution in [2.75, 3.05) is 6.26 Å². The third-order valence-corrected chi connectivity index (χ3v) is 4.05. The van der Waals surface area contributed by atoms with E-state index in [4.69, 9.17) is 12.2 Å². The summed E-state index contributed by atoms with van der Waals surface area (Å²) in [5, 5.41) is 7.23. The van der Waals surface area contributed by atoms with Gasteiger partial charge in [-0.25, -0.2) is 0 Å². The number of benzene rings is 2. The lowest BCUT2D eigenvalue weighted by Crippen LogP contribution is -1.97. The fourth-order valence-corrected chi connectivity index (χ4v) is 2.69. The Bertz CT molecular complexity index is 758. The van der Waals surface area contributed by atoms with Gasteiger partial charge in [0.15, 0.2) is 10.6 Å². The zero-order valence-corrected chi connectivity index (χ0v) is 12.5. The standard InChI is InChI=1S/C15H13N3S2/c1-20-13-9-7-11(8-10-13)14-16-17-15(19)18(14)12-5-3-2-4-6-12/h2-10H,1H3,(H,17,19). The molecule has 100 valence electrons. The third kappa shape index (κ3) is 2.42. The Morgan fingerprint density at radius 1 is 1.05 bits per heavy atom. The number of H-pyrrole nitrogens is 1. The molecule has 3 aromatic rings. The van der Waals surface area contributed by atoms with Crippen LogP contribution in [0.3, 0.4) is 0 Å². The minimum Gasteiger partial charge on any atom is -0.268 e. The highest BCUT2D eigenvalue weighted by atomic mass is 32.2. The molecular weight excluding hydrogens is 286 g/mol. The molecule has 0 spiro atoms. The topological polar surface area (TPSA) is 33.6 Å². The average Bonchev–Trinajstić information content (AvgIpc) is 2.90. The second-order valence-corrected chi connectivity index (χ2v) is 5.52. The van der Waals surface area contributed by atoms with Gasteiger partial charge in [-0.15, -0.1) is 11.8 Å². The first-order valence-electron chi connectivity index (χ1n) is 6.17. The molecule has 0 saturated carbocycles. The lowest BCUT2D eigenvalue weighted by atomic mass is 10.2. The van der Waals surface area contributed by atoms with Crippen molar-refractivity contribution >= 4 is 24.0 Å². The zero-order chi connectivity index (χ0) is 13.9. The van der Waals surface area contributed by atoms with Gasteiger partial charge in [0.1, 0.15) is 0 Å². The lowest BCUT2D eigenvalue weighted by Gasteiger charge is -2.07. The van der Waals surface area contributed by atoms with Crippen LogP contribution in [0, 0.1) is 4.77 Å². The Balaban J connectivity index is 2.13. The van der Waals surface area contributed by atoms with E-state index < -0.39 is 0 Å². The first kappa shape index (κ1) is 13.1. The maximum atomic E-state index is 5.34. The van der Waals surface area contributed by atoms with Crippen molar-refractivity contribution < 1.29 is 0 Å². The molecule has 0 bridgehead atoms. The van der Waals surface area contributed by atoms with Gasteiger partial charge in [-0.1, -0.05) is 30.3 Å². The molecule has 0 unspecified atom stereocenters. The van der Waals surface area contributed by atoms with Crippen molar-refractivity contribution in [3.05, 3.63) is 59.4 Å². The zero-order valence-electron chi connectivity index (χ0n) is 10.9. The molecule has 0 aliphatic rings. The number of hydrogen-bond acceptors (Lipinski definition) is 3. The summed E-state index contributed by atoms with van der Waals surface area (Å²) >= 11 is 7.07. The molecule has 1 heterocycles. The summed E-state index contributed by atoms with van der Waals surface area (Å²) in [6.07, 6.45) is 2.06. The van der Waals surface area contributed by atoms with Crippen molar-refractivity contribution in [1.82, 2.24) is 14.8 Å². The number of aromatic amines is 1. The van der Waals surface area contributed by atoms with Gasteiger partial charge in [0.05, 0.1) is 0 Å². The third-order valence-electron chi connectivity index (χ3n) is 3.03. The maximum Gasteiger partial charge on any atom is 0.200 e. The number of nitrogens with zero attached hydrogens (tertiary/aromatic N) is 2. The minimum absolute atomic E-state index is 0.597. The molecule has 0 saturated heterocycles. The molecule has 3 nitrogen and oxygen atoms in total. The monoisotopic (exact) mass is 299 g/mol. The van der Waals surface area contributed by atoms with Crippen LogP contribution in [-0.2, 0) is 0 Å². The van der Waals surface area contributed by atoms with Gasteiger partial charge < -0.3 is 0 Å². The van der Waals surface area contributed by atoms with E-state index in [1.54, 1.807) is 11.8 Å². The molecule has 1 N–H and O–H groups in total. The first-order chi connectivity index (χ1) is 9.79. The van der Waals surface area contributed by atoms with Crippen molar-refractivity contribution in [2.45, 2.75) is 4.90 Å². The van der Waals surface area contributed by atoms with Crippen LogP contribution in [0.2, 0.25) is 0 Å². The van der Waals surface area contributed by atoms with Crippen LogP contribution < -0.4 is 0 Å². The fourth-order valence-electron chi connectivity index (χ4n) is 2.05. The van der Waals surface area contributed by atoms with Crippen molar-refractivity contribution in [3.8, 4) is 17.1 Å². The second-order valence-electron chi connectivity index (χ2n) is 4.25. The van der Waals surface area contributed by atoms with Crippen molar-refractivity contribution in [3.63, 3.8) is 0 Å². The van der Waals surface area contributed by atoms with Gasteiger partial charge in [0, 0.05) is 16.1 Å². The van der Waals surface area contributed by atoms with E-state index in [1.807, 2.05) is 34.9 Å². The molecule has 5 heteroatoms. The Morgan fingerprint density at radius 2 is 1.75 bits per heavy atom. The van der Waals surface area contributed by atoms with Crippen LogP contribution in [0.5, 0.6) is 0 Å². The first-order valence-corrected chi connectivity index (χ1v) is 7.80. The van der Waals surface area contributed by atoms with Crippen LogP contribution in [0.15, 0.2) is 59.5 Å². The average molecular weight is 299 g/mol. The smallest absolute Gasteiger partial charge is 0.200 e. The van der Waals surface area contributed by atoms with Gasteiger partial charge >= 0.3 is 0 Å². The van der Waals surface area contributed by atoms with E-state index in [2.05, 4.69) is 40.7 Å². The van der Waals surface area contributed by atoms with Gasteiger partial charge in [0.25, 0.3) is 0 Å². The molecule has 0 atom stereocenters. The highest BCUT2D eigenvalue weighted by molar-refractivity contribution is 7.98. The number of hydrogen-bond donors (Lipinski definition) is 1. The van der Waals surface area contributed by atoms with E-state index >= 15 is 0 Å². The fraction of sp³-hybridized carbons (Fsp3) is 0.0667. The number of aromatic nitrogens is 3. The Hall–Kier alpha value is -1.85. The normalized spacial score (nSPS) is 10.7. The van der Waals surface area contributed by atoms with Crippen LogP contribution in [0.4, 0.5) is 0 Å². The number of thioether (sulfide) groups is 1.